The Morgan fingerprint density at radius 1 is 1.21 bits per heavy atom. The summed E-state index contributed by atoms with van der Waals surface area (Å²) in [4.78, 5) is 39.2. The van der Waals surface area contributed by atoms with Gasteiger partial charge in [-0.25, -0.2) is 4.79 Å². The molecule has 1 aromatic carbocycles. The maximum atomic E-state index is 12.7. The van der Waals surface area contributed by atoms with Crippen molar-refractivity contribution in [2.45, 2.75) is 39.8 Å². The molecule has 0 bridgehead atoms. The molecule has 0 unspecified atom stereocenters. The second-order valence-corrected chi connectivity index (χ2v) is 7.42. The van der Waals surface area contributed by atoms with Gasteiger partial charge in [0.05, 0.1) is 5.92 Å². The van der Waals surface area contributed by atoms with Crippen LogP contribution >= 0.6 is 0 Å². The Bertz CT molecular complexity index is 959. The molecule has 0 radical (unpaired) electrons. The summed E-state index contributed by atoms with van der Waals surface area (Å²) < 4.78 is 2.71. The summed E-state index contributed by atoms with van der Waals surface area (Å²) in [5, 5.41) is 3.02. The van der Waals surface area contributed by atoms with Crippen LogP contribution in [-0.4, -0.2) is 28.1 Å². The fourth-order valence-corrected chi connectivity index (χ4v) is 3.66. The highest BCUT2D eigenvalue weighted by Gasteiger charge is 2.27. The molecule has 1 aromatic heterocycles. The number of benzene rings is 1. The van der Waals surface area contributed by atoms with Gasteiger partial charge < -0.3 is 10.2 Å². The van der Waals surface area contributed by atoms with Crippen LogP contribution in [0.5, 0.6) is 0 Å². The summed E-state index contributed by atoms with van der Waals surface area (Å²) in [6.45, 7) is 6.13. The van der Waals surface area contributed by atoms with E-state index in [1.165, 1.54) is 18.7 Å². The molecule has 28 heavy (non-hydrogen) atoms. The Morgan fingerprint density at radius 2 is 1.93 bits per heavy atom. The van der Waals surface area contributed by atoms with Crippen LogP contribution in [0.15, 0.2) is 39.9 Å². The van der Waals surface area contributed by atoms with E-state index in [1.807, 2.05) is 43.0 Å². The first-order valence-corrected chi connectivity index (χ1v) is 9.79. The van der Waals surface area contributed by atoms with Gasteiger partial charge >= 0.3 is 5.69 Å². The van der Waals surface area contributed by atoms with E-state index in [0.29, 0.717) is 25.5 Å². The number of aryl methyl sites for hydroxylation is 1. The van der Waals surface area contributed by atoms with E-state index in [9.17, 15) is 14.4 Å². The topological polar surface area (TPSA) is 76.3 Å². The van der Waals surface area contributed by atoms with E-state index < -0.39 is 0 Å². The highest BCUT2D eigenvalue weighted by molar-refractivity contribution is 5.79. The van der Waals surface area contributed by atoms with Crippen LogP contribution in [0.4, 0.5) is 5.82 Å². The van der Waals surface area contributed by atoms with Crippen molar-refractivity contribution in [1.82, 2.24) is 14.5 Å². The predicted octanol–water partition coefficient (Wildman–Crippen LogP) is 1.41. The molecular weight excluding hydrogens is 356 g/mol. The summed E-state index contributed by atoms with van der Waals surface area (Å²) in [5.41, 5.74) is 1.61. The van der Waals surface area contributed by atoms with Gasteiger partial charge in [0.2, 0.25) is 5.91 Å². The van der Waals surface area contributed by atoms with Crippen molar-refractivity contribution >= 4 is 11.7 Å². The quantitative estimate of drug-likeness (QED) is 0.846. The molecule has 0 saturated carbocycles. The van der Waals surface area contributed by atoms with Crippen LogP contribution in [0.3, 0.4) is 0 Å². The van der Waals surface area contributed by atoms with Crippen LogP contribution in [0, 0.1) is 12.8 Å². The maximum Gasteiger partial charge on any atom is 0.332 e. The van der Waals surface area contributed by atoms with Crippen LogP contribution in [0.1, 0.15) is 30.9 Å². The zero-order valence-corrected chi connectivity index (χ0v) is 16.8. The van der Waals surface area contributed by atoms with Crippen molar-refractivity contribution in [3.63, 3.8) is 0 Å². The van der Waals surface area contributed by atoms with E-state index in [0.717, 1.165) is 29.5 Å². The molecule has 150 valence electrons. The molecule has 1 N–H and O–H groups in total. The molecule has 2 aromatic rings. The maximum absolute atomic E-state index is 12.7. The fraction of sp³-hybridized carbons (Fsp3) is 0.476. The number of piperidine rings is 1. The monoisotopic (exact) mass is 384 g/mol. The lowest BCUT2D eigenvalue weighted by molar-refractivity contribution is -0.125. The van der Waals surface area contributed by atoms with Gasteiger partial charge in [0.25, 0.3) is 5.56 Å². The third-order valence-corrected chi connectivity index (χ3v) is 5.40. The Hall–Kier alpha value is -2.83. The first-order chi connectivity index (χ1) is 13.4. The van der Waals surface area contributed by atoms with Crippen molar-refractivity contribution in [2.75, 3.05) is 18.0 Å². The highest BCUT2D eigenvalue weighted by Crippen LogP contribution is 2.22. The minimum Gasteiger partial charge on any atom is -0.357 e. The summed E-state index contributed by atoms with van der Waals surface area (Å²) in [6.07, 6.45) is 1.65. The number of carbonyl (C=O) groups excluding carboxylic acids is 1. The molecule has 1 fully saturated rings. The van der Waals surface area contributed by atoms with Gasteiger partial charge in [0.1, 0.15) is 5.82 Å². The average molecular weight is 384 g/mol. The first-order valence-electron chi connectivity index (χ1n) is 9.79. The lowest BCUT2D eigenvalue weighted by Crippen LogP contribution is -2.47. The van der Waals surface area contributed by atoms with E-state index in [1.54, 1.807) is 4.57 Å². The number of hydrogen-bond acceptors (Lipinski definition) is 4. The normalized spacial score (nSPS) is 16.8. The zero-order chi connectivity index (χ0) is 20.3. The van der Waals surface area contributed by atoms with Crippen molar-refractivity contribution in [2.24, 2.45) is 13.0 Å². The lowest BCUT2D eigenvalue weighted by atomic mass is 9.97. The van der Waals surface area contributed by atoms with Crippen LogP contribution in [0.25, 0.3) is 0 Å². The molecule has 1 amide bonds. The Kier molecular flexibility index (Phi) is 6.02. The number of nitrogens with zero attached hydrogens (tertiary/aromatic N) is 3. The standard InChI is InChI=1S/C21H28N4O3/c1-4-25-18(12-19(26)23(3)21(25)28)24-11-5-6-17(14-24)20(27)22-13-16-9-7-15(2)8-10-16/h7-10,12,17H,4-6,11,13-14H2,1-3H3,(H,22,27)/t17-/m0/s1. The van der Waals surface area contributed by atoms with Gasteiger partial charge in [0.15, 0.2) is 0 Å². The molecule has 0 spiro atoms. The van der Waals surface area contributed by atoms with E-state index in [-0.39, 0.29) is 23.1 Å². The highest BCUT2D eigenvalue weighted by atomic mass is 16.2. The molecule has 2 heterocycles. The Labute approximate surface area is 164 Å². The van der Waals surface area contributed by atoms with E-state index >= 15 is 0 Å². The average Bonchev–Trinajstić information content (AvgIpc) is 2.71. The van der Waals surface area contributed by atoms with E-state index in [4.69, 9.17) is 0 Å². The molecule has 7 heteroatoms. The third kappa shape index (κ3) is 4.18. The van der Waals surface area contributed by atoms with Gasteiger partial charge in [-0.05, 0) is 32.3 Å². The van der Waals surface area contributed by atoms with Gasteiger partial charge in [-0.3, -0.25) is 18.7 Å². The number of rotatable bonds is 5. The Morgan fingerprint density at radius 3 is 2.61 bits per heavy atom. The number of nitrogens with one attached hydrogen (secondary N) is 1. The van der Waals surface area contributed by atoms with Gasteiger partial charge in [0, 0.05) is 39.3 Å². The summed E-state index contributed by atoms with van der Waals surface area (Å²) in [7, 11) is 1.48. The van der Waals surface area contributed by atoms with Gasteiger partial charge in [-0.2, -0.15) is 0 Å². The SMILES string of the molecule is CCn1c(N2CCC[C@H](C(=O)NCc3ccc(C)cc3)C2)cc(=O)n(C)c1=O. The molecule has 1 atom stereocenters. The van der Waals surface area contributed by atoms with Gasteiger partial charge in [-0.15, -0.1) is 0 Å². The number of carbonyl (C=O) groups is 1. The van der Waals surface area contributed by atoms with Crippen molar-refractivity contribution in [3.05, 3.63) is 62.3 Å². The second kappa shape index (κ2) is 8.46. The van der Waals surface area contributed by atoms with Crippen LogP contribution in [0.2, 0.25) is 0 Å². The first kappa shape index (κ1) is 19.9. The largest absolute Gasteiger partial charge is 0.357 e. The number of anilines is 1. The molecule has 0 aliphatic carbocycles. The minimum absolute atomic E-state index is 0.0134. The minimum atomic E-state index is -0.323. The van der Waals surface area contributed by atoms with Gasteiger partial charge in [-0.1, -0.05) is 29.8 Å². The second-order valence-electron chi connectivity index (χ2n) is 7.42. The summed E-state index contributed by atoms with van der Waals surface area (Å²) >= 11 is 0. The van der Waals surface area contributed by atoms with Crippen LogP contribution in [-0.2, 0) is 24.9 Å². The smallest absolute Gasteiger partial charge is 0.332 e. The molecule has 3 rings (SSSR count). The number of amides is 1. The zero-order valence-electron chi connectivity index (χ0n) is 16.8. The lowest BCUT2D eigenvalue weighted by Gasteiger charge is -2.34. The van der Waals surface area contributed by atoms with E-state index in [2.05, 4.69) is 5.32 Å². The third-order valence-electron chi connectivity index (χ3n) is 5.40. The fourth-order valence-electron chi connectivity index (χ4n) is 3.66. The number of hydrogen-bond donors (Lipinski definition) is 1. The molecule has 1 aliphatic rings. The molecular formula is C21H28N4O3. The summed E-state index contributed by atoms with van der Waals surface area (Å²) in [5.74, 6) is 0.454. The molecule has 7 nitrogen and oxygen atoms in total. The number of aromatic nitrogens is 2. The molecule has 1 saturated heterocycles. The van der Waals surface area contributed by atoms with Crippen molar-refractivity contribution in [3.8, 4) is 0 Å². The van der Waals surface area contributed by atoms with Crippen LogP contribution < -0.4 is 21.5 Å². The summed E-state index contributed by atoms with van der Waals surface area (Å²) in [6, 6.07) is 9.59. The van der Waals surface area contributed by atoms with Crippen molar-refractivity contribution < 1.29 is 4.79 Å². The predicted molar refractivity (Wildman–Crippen MR) is 110 cm³/mol. The Balaban J connectivity index is 1.72. The van der Waals surface area contributed by atoms with Crippen molar-refractivity contribution in [1.29, 1.82) is 0 Å². The molecule has 1 aliphatic heterocycles.